The molecule has 0 heterocycles. The fourth-order valence-electron chi connectivity index (χ4n) is 3.82. The second-order valence-electron chi connectivity index (χ2n) is 10.5. The quantitative estimate of drug-likeness (QED) is 0.230. The van der Waals surface area contributed by atoms with Gasteiger partial charge in [0.1, 0.15) is 0 Å². The van der Waals surface area contributed by atoms with E-state index >= 15 is 0 Å². The van der Waals surface area contributed by atoms with Crippen molar-refractivity contribution in [2.45, 2.75) is 97.1 Å². The first-order valence-electron chi connectivity index (χ1n) is 10.8. The van der Waals surface area contributed by atoms with Gasteiger partial charge in [-0.3, -0.25) is 0 Å². The highest BCUT2D eigenvalue weighted by atomic mass is 28.5. The van der Waals surface area contributed by atoms with Crippen molar-refractivity contribution in [3.63, 3.8) is 0 Å². The molecule has 0 fully saturated rings. The Labute approximate surface area is 179 Å². The Morgan fingerprint density at radius 1 is 0.607 bits per heavy atom. The first kappa shape index (κ1) is 26.0. The molecule has 0 saturated carbocycles. The molecule has 0 aliphatic carbocycles. The predicted molar refractivity (Wildman–Crippen MR) is 132 cm³/mol. The Bertz CT molecular complexity index is 567. The van der Waals surface area contributed by atoms with Crippen LogP contribution in [0.3, 0.4) is 0 Å². The molecule has 0 saturated heterocycles. The maximum atomic E-state index is 6.76. The van der Waals surface area contributed by atoms with Crippen molar-refractivity contribution >= 4 is 33.8 Å². The summed E-state index contributed by atoms with van der Waals surface area (Å²) in [6.45, 7) is 20.2. The maximum Gasteiger partial charge on any atom is 0.315 e. The molecule has 0 aromatic heterocycles. The third-order valence-corrected chi connectivity index (χ3v) is 17.8. The van der Waals surface area contributed by atoms with Crippen LogP contribution in [-0.4, -0.2) is 33.8 Å². The highest BCUT2D eigenvalue weighted by Crippen LogP contribution is 2.28. The Hall–Kier alpha value is -0.0325. The third kappa shape index (κ3) is 12.5. The van der Waals surface area contributed by atoms with Crippen molar-refractivity contribution in [3.05, 3.63) is 35.9 Å². The van der Waals surface area contributed by atoms with E-state index in [-0.39, 0.29) is 0 Å². The second kappa shape index (κ2) is 10.8. The van der Waals surface area contributed by atoms with Crippen LogP contribution in [0.4, 0.5) is 0 Å². The van der Waals surface area contributed by atoms with Gasteiger partial charge in [0.05, 0.1) is 0 Å². The summed E-state index contributed by atoms with van der Waals surface area (Å²) >= 11 is 0. The van der Waals surface area contributed by atoms with Crippen LogP contribution < -0.4 is 0 Å². The van der Waals surface area contributed by atoms with Crippen LogP contribution in [0.5, 0.6) is 0 Å². The van der Waals surface area contributed by atoms with Gasteiger partial charge in [0.2, 0.25) is 0 Å². The fraction of sp³-hybridized carbons (Fsp3) is 0.714. The molecule has 1 aromatic carbocycles. The number of benzene rings is 1. The van der Waals surface area contributed by atoms with Crippen molar-refractivity contribution in [1.29, 1.82) is 0 Å². The van der Waals surface area contributed by atoms with Gasteiger partial charge in [-0.2, -0.15) is 0 Å². The minimum absolute atomic E-state index is 1.08. The van der Waals surface area contributed by atoms with Crippen molar-refractivity contribution < 1.29 is 12.3 Å². The number of hydrogen-bond donors (Lipinski definition) is 0. The SMILES string of the molecule is C[Si](C)(C)O[Si](C)(C)O[Si](C)(CCCCCCc1ccccc1)O[Si](C)(C)C. The van der Waals surface area contributed by atoms with Crippen LogP contribution >= 0.6 is 0 Å². The van der Waals surface area contributed by atoms with E-state index in [1.54, 1.807) is 0 Å². The van der Waals surface area contributed by atoms with Crippen LogP contribution in [-0.2, 0) is 18.8 Å². The number of hydrogen-bond acceptors (Lipinski definition) is 3. The molecule has 3 nitrogen and oxygen atoms in total. The van der Waals surface area contributed by atoms with Crippen molar-refractivity contribution in [2.75, 3.05) is 0 Å². The number of unbranched alkanes of at least 4 members (excludes halogenated alkanes) is 3. The zero-order valence-corrected chi connectivity index (χ0v) is 23.9. The lowest BCUT2D eigenvalue weighted by Gasteiger charge is -2.41. The standard InChI is InChI=1S/C21H44O3Si4/c1-25(2,3)22-27(7,8)24-28(9,23-26(4,5)6)20-16-11-10-13-17-21-18-14-12-15-19-21/h12,14-15,18-19H,10-11,13,16-17,20H2,1-9H3. The monoisotopic (exact) mass is 456 g/mol. The molecule has 0 amide bonds. The van der Waals surface area contributed by atoms with Gasteiger partial charge in [-0.1, -0.05) is 49.6 Å². The molecule has 0 bridgehead atoms. The van der Waals surface area contributed by atoms with Gasteiger partial charge in [0, 0.05) is 0 Å². The Kier molecular flexibility index (Phi) is 10.1. The molecule has 0 N–H and O–H groups in total. The minimum atomic E-state index is -2.22. The summed E-state index contributed by atoms with van der Waals surface area (Å²) in [5, 5.41) is 0. The first-order valence-corrected chi connectivity index (χ1v) is 23.0. The van der Waals surface area contributed by atoms with Crippen LogP contribution in [0.1, 0.15) is 31.2 Å². The molecular weight excluding hydrogens is 413 g/mol. The molecule has 0 spiro atoms. The maximum absolute atomic E-state index is 6.76. The number of rotatable bonds is 13. The Morgan fingerprint density at radius 2 is 1.14 bits per heavy atom. The summed E-state index contributed by atoms with van der Waals surface area (Å²) in [4.78, 5) is 0. The summed E-state index contributed by atoms with van der Waals surface area (Å²) in [6.07, 6.45) is 6.17. The molecule has 1 atom stereocenters. The summed E-state index contributed by atoms with van der Waals surface area (Å²) in [7, 11) is -7.67. The summed E-state index contributed by atoms with van der Waals surface area (Å²) in [6, 6.07) is 11.9. The van der Waals surface area contributed by atoms with E-state index in [2.05, 4.69) is 89.3 Å². The molecule has 1 rings (SSSR count). The summed E-state index contributed by atoms with van der Waals surface area (Å²) in [5.74, 6) is 0. The van der Waals surface area contributed by atoms with E-state index in [1.807, 2.05) is 0 Å². The summed E-state index contributed by atoms with van der Waals surface area (Å²) in [5.41, 5.74) is 1.45. The first-order chi connectivity index (χ1) is 12.7. The van der Waals surface area contributed by atoms with Gasteiger partial charge in [0.15, 0.2) is 16.6 Å². The smallest absolute Gasteiger partial charge is 0.315 e. The molecule has 1 unspecified atom stereocenters. The highest BCUT2D eigenvalue weighted by Gasteiger charge is 2.43. The average Bonchev–Trinajstić information content (AvgIpc) is 2.46. The predicted octanol–water partition coefficient (Wildman–Crippen LogP) is 7.28. The van der Waals surface area contributed by atoms with E-state index in [0.29, 0.717) is 0 Å². The number of aryl methyl sites for hydroxylation is 1. The topological polar surface area (TPSA) is 27.7 Å². The summed E-state index contributed by atoms with van der Waals surface area (Å²) < 4.78 is 19.9. The van der Waals surface area contributed by atoms with Gasteiger partial charge < -0.3 is 12.3 Å². The van der Waals surface area contributed by atoms with E-state index in [9.17, 15) is 0 Å². The van der Waals surface area contributed by atoms with Crippen molar-refractivity contribution in [1.82, 2.24) is 0 Å². The van der Waals surface area contributed by atoms with E-state index in [1.165, 1.54) is 37.7 Å². The lowest BCUT2D eigenvalue weighted by Crippen LogP contribution is -2.56. The zero-order chi connectivity index (χ0) is 21.5. The zero-order valence-electron chi connectivity index (χ0n) is 19.9. The Balaban J connectivity index is 2.54. The van der Waals surface area contributed by atoms with Crippen LogP contribution in [0.15, 0.2) is 30.3 Å². The van der Waals surface area contributed by atoms with Crippen LogP contribution in [0, 0.1) is 0 Å². The average molecular weight is 457 g/mol. The molecule has 162 valence electrons. The fourth-order valence-corrected chi connectivity index (χ4v) is 21.9. The van der Waals surface area contributed by atoms with E-state index in [4.69, 9.17) is 12.3 Å². The van der Waals surface area contributed by atoms with Gasteiger partial charge in [0.25, 0.3) is 0 Å². The van der Waals surface area contributed by atoms with Gasteiger partial charge >= 0.3 is 17.1 Å². The molecule has 0 aliphatic heterocycles. The third-order valence-electron chi connectivity index (χ3n) is 4.22. The lowest BCUT2D eigenvalue weighted by atomic mass is 10.1. The Morgan fingerprint density at radius 3 is 1.68 bits per heavy atom. The molecule has 1 aromatic rings. The van der Waals surface area contributed by atoms with E-state index < -0.39 is 33.8 Å². The molecule has 0 radical (unpaired) electrons. The largest absolute Gasteiger partial charge is 0.437 e. The van der Waals surface area contributed by atoms with Crippen molar-refractivity contribution in [2.24, 2.45) is 0 Å². The van der Waals surface area contributed by atoms with Gasteiger partial charge in [-0.15, -0.1) is 0 Å². The van der Waals surface area contributed by atoms with E-state index in [0.717, 1.165) is 6.04 Å². The van der Waals surface area contributed by atoms with Gasteiger partial charge in [-0.25, -0.2) is 0 Å². The van der Waals surface area contributed by atoms with Crippen LogP contribution in [0.2, 0.25) is 65.0 Å². The molecular formula is C21H44O3Si4. The van der Waals surface area contributed by atoms with Gasteiger partial charge in [-0.05, 0) is 83.4 Å². The van der Waals surface area contributed by atoms with Crippen molar-refractivity contribution in [3.8, 4) is 0 Å². The van der Waals surface area contributed by atoms with Crippen LogP contribution in [0.25, 0.3) is 0 Å². The highest BCUT2D eigenvalue weighted by molar-refractivity contribution is 6.89. The lowest BCUT2D eigenvalue weighted by molar-refractivity contribution is 0.322. The normalized spacial score (nSPS) is 15.5. The minimum Gasteiger partial charge on any atom is -0.437 e. The molecule has 7 heteroatoms. The molecule has 0 aliphatic rings. The molecule has 28 heavy (non-hydrogen) atoms. The second-order valence-corrected chi connectivity index (χ2v) is 26.9.